The third-order valence-electron chi connectivity index (χ3n) is 6.51. The fraction of sp³-hybridized carbons (Fsp3) is 0.714. The van der Waals surface area contributed by atoms with Crippen LogP contribution in [0.5, 0.6) is 0 Å². The molecule has 0 aliphatic carbocycles. The second-order valence-corrected chi connectivity index (χ2v) is 18.0. The maximum Gasteiger partial charge on any atom is 0.191 e. The van der Waals surface area contributed by atoms with Crippen LogP contribution in [-0.4, -0.2) is 46.9 Å². The highest BCUT2D eigenvalue weighted by Gasteiger charge is 2.40. The van der Waals surface area contributed by atoms with Crippen molar-refractivity contribution in [2.24, 2.45) is 5.92 Å². The Hall–Kier alpha value is -0.466. The van der Waals surface area contributed by atoms with Gasteiger partial charge in [-0.1, -0.05) is 69.4 Å². The molecule has 1 aromatic carbocycles. The number of aliphatic hydroxyl groups excluding tert-OH is 1. The molecule has 1 aliphatic rings. The number of hydrogen-bond donors (Lipinski definition) is 1. The maximum atomic E-state index is 10.5. The normalized spacial score (nSPS) is 24.2. The average molecular weight is 395 g/mol. The van der Waals surface area contributed by atoms with Gasteiger partial charge in [-0.15, -0.1) is 0 Å². The summed E-state index contributed by atoms with van der Waals surface area (Å²) < 4.78 is 12.5. The second-order valence-electron chi connectivity index (χ2n) is 8.44. The van der Waals surface area contributed by atoms with E-state index in [2.05, 4.69) is 64.2 Å². The van der Waals surface area contributed by atoms with Gasteiger partial charge in [-0.2, -0.15) is 0 Å². The van der Waals surface area contributed by atoms with Crippen LogP contribution < -0.4 is 5.19 Å². The van der Waals surface area contributed by atoms with Gasteiger partial charge in [0.05, 0.1) is 26.9 Å². The van der Waals surface area contributed by atoms with Crippen molar-refractivity contribution >= 4 is 21.6 Å². The molecular weight excluding hydrogens is 356 g/mol. The summed E-state index contributed by atoms with van der Waals surface area (Å²) >= 11 is 0. The highest BCUT2D eigenvalue weighted by Crippen LogP contribution is 2.32. The number of benzene rings is 1. The Kier molecular flexibility index (Phi) is 8.10. The lowest BCUT2D eigenvalue weighted by atomic mass is 9.97. The van der Waals surface area contributed by atoms with Gasteiger partial charge in [-0.3, -0.25) is 0 Å². The monoisotopic (exact) mass is 394 g/mol. The maximum absolute atomic E-state index is 10.5. The molecule has 1 heterocycles. The molecule has 0 spiro atoms. The first-order valence-electron chi connectivity index (χ1n) is 10.4. The Labute approximate surface area is 162 Å². The van der Waals surface area contributed by atoms with Gasteiger partial charge >= 0.3 is 0 Å². The fourth-order valence-electron chi connectivity index (χ4n) is 4.28. The summed E-state index contributed by atoms with van der Waals surface area (Å²) in [5.74, 6) is 0.211. The van der Waals surface area contributed by atoms with Gasteiger partial charge in [0.2, 0.25) is 0 Å². The zero-order chi connectivity index (χ0) is 19.2. The largest absolute Gasteiger partial charge is 0.417 e. The van der Waals surface area contributed by atoms with Crippen LogP contribution in [0.4, 0.5) is 0 Å². The molecule has 1 aliphatic heterocycles. The van der Waals surface area contributed by atoms with Crippen LogP contribution >= 0.6 is 0 Å². The first kappa shape index (κ1) is 21.8. The Morgan fingerprint density at radius 1 is 1.08 bits per heavy atom. The minimum Gasteiger partial charge on any atom is -0.417 e. The van der Waals surface area contributed by atoms with Crippen molar-refractivity contribution in [1.29, 1.82) is 0 Å². The first-order chi connectivity index (χ1) is 12.4. The Morgan fingerprint density at radius 3 is 2.27 bits per heavy atom. The third-order valence-corrected chi connectivity index (χ3v) is 14.5. The highest BCUT2D eigenvalue weighted by molar-refractivity contribution is 6.89. The standard InChI is InChI=1S/C21H38O3Si2/c1-6-26(7-2,8-3)24-15-14-19-20(22)16-23-21(19)17-25(4,5)18-12-10-9-11-13-18/h9-13,19-22H,6-8,14-17H2,1-5H3/t19-,20+,21+/m1/s1. The fourth-order valence-corrected chi connectivity index (χ4v) is 9.70. The molecule has 1 saturated heterocycles. The number of hydrogen-bond acceptors (Lipinski definition) is 3. The molecule has 3 nitrogen and oxygen atoms in total. The van der Waals surface area contributed by atoms with Gasteiger partial charge in [0.15, 0.2) is 8.32 Å². The van der Waals surface area contributed by atoms with Gasteiger partial charge < -0.3 is 14.3 Å². The van der Waals surface area contributed by atoms with E-state index < -0.39 is 16.4 Å². The second kappa shape index (κ2) is 9.65. The van der Waals surface area contributed by atoms with Crippen molar-refractivity contribution < 1.29 is 14.3 Å². The van der Waals surface area contributed by atoms with E-state index in [0.717, 1.165) is 19.1 Å². The van der Waals surface area contributed by atoms with Gasteiger partial charge in [0.1, 0.15) is 0 Å². The van der Waals surface area contributed by atoms with E-state index in [1.807, 2.05) is 0 Å². The summed E-state index contributed by atoms with van der Waals surface area (Å²) in [6, 6.07) is 15.4. The van der Waals surface area contributed by atoms with E-state index >= 15 is 0 Å². The van der Waals surface area contributed by atoms with Crippen LogP contribution in [0.15, 0.2) is 30.3 Å². The zero-order valence-corrected chi connectivity index (χ0v) is 19.3. The van der Waals surface area contributed by atoms with Crippen LogP contribution in [0.2, 0.25) is 37.3 Å². The molecule has 1 fully saturated rings. The summed E-state index contributed by atoms with van der Waals surface area (Å²) in [4.78, 5) is 0. The van der Waals surface area contributed by atoms with Crippen LogP contribution in [0.25, 0.3) is 0 Å². The van der Waals surface area contributed by atoms with Gasteiger partial charge in [0, 0.05) is 12.5 Å². The molecule has 1 aromatic rings. The van der Waals surface area contributed by atoms with Crippen molar-refractivity contribution in [1.82, 2.24) is 0 Å². The van der Waals surface area contributed by atoms with Crippen molar-refractivity contribution in [3.63, 3.8) is 0 Å². The molecule has 0 radical (unpaired) electrons. The van der Waals surface area contributed by atoms with Crippen molar-refractivity contribution in [2.45, 2.75) is 76.7 Å². The molecule has 0 unspecified atom stereocenters. The molecule has 26 heavy (non-hydrogen) atoms. The summed E-state index contributed by atoms with van der Waals surface area (Å²) in [6.45, 7) is 12.9. The van der Waals surface area contributed by atoms with E-state index in [9.17, 15) is 5.11 Å². The summed E-state index contributed by atoms with van der Waals surface area (Å²) in [5, 5.41) is 11.9. The molecule has 3 atom stereocenters. The van der Waals surface area contributed by atoms with Gasteiger partial charge in [-0.05, 0) is 30.6 Å². The molecule has 1 N–H and O–H groups in total. The zero-order valence-electron chi connectivity index (χ0n) is 17.3. The number of ether oxygens (including phenoxy) is 1. The SMILES string of the molecule is CC[Si](CC)(CC)OCC[C@H]1[C@H](C[Si](C)(C)c2ccccc2)OC[C@@H]1O. The number of aliphatic hydroxyl groups is 1. The van der Waals surface area contributed by atoms with Crippen molar-refractivity contribution in [2.75, 3.05) is 13.2 Å². The Bertz CT molecular complexity index is 523. The van der Waals surface area contributed by atoms with Crippen molar-refractivity contribution in [3.8, 4) is 0 Å². The number of rotatable bonds is 10. The van der Waals surface area contributed by atoms with Gasteiger partial charge in [0.25, 0.3) is 0 Å². The highest BCUT2D eigenvalue weighted by atomic mass is 28.4. The third kappa shape index (κ3) is 5.29. The molecule has 0 amide bonds. The van der Waals surface area contributed by atoms with E-state index in [4.69, 9.17) is 9.16 Å². The lowest BCUT2D eigenvalue weighted by Gasteiger charge is -2.31. The molecule has 2 rings (SSSR count). The van der Waals surface area contributed by atoms with E-state index in [1.165, 1.54) is 23.3 Å². The minimum absolute atomic E-state index is 0.163. The van der Waals surface area contributed by atoms with Gasteiger partial charge in [-0.25, -0.2) is 0 Å². The molecule has 0 bridgehead atoms. The van der Waals surface area contributed by atoms with E-state index in [0.29, 0.717) is 6.61 Å². The smallest absolute Gasteiger partial charge is 0.191 e. The predicted octanol–water partition coefficient (Wildman–Crippen LogP) is 4.39. The minimum atomic E-state index is -1.58. The van der Waals surface area contributed by atoms with Crippen LogP contribution in [0, 0.1) is 5.92 Å². The molecule has 5 heteroatoms. The van der Waals surface area contributed by atoms with E-state index in [-0.39, 0.29) is 18.1 Å². The van der Waals surface area contributed by atoms with Crippen LogP contribution in [0.3, 0.4) is 0 Å². The molecule has 148 valence electrons. The predicted molar refractivity (Wildman–Crippen MR) is 115 cm³/mol. The quantitative estimate of drug-likeness (QED) is 0.598. The lowest BCUT2D eigenvalue weighted by Crippen LogP contribution is -2.45. The first-order valence-corrected chi connectivity index (χ1v) is 16.1. The molecular formula is C21H38O3Si2. The Morgan fingerprint density at radius 2 is 1.69 bits per heavy atom. The van der Waals surface area contributed by atoms with Crippen LogP contribution in [-0.2, 0) is 9.16 Å². The molecule has 0 saturated carbocycles. The summed E-state index contributed by atoms with van der Waals surface area (Å²) in [7, 11) is -3.13. The topological polar surface area (TPSA) is 38.7 Å². The van der Waals surface area contributed by atoms with Crippen molar-refractivity contribution in [3.05, 3.63) is 30.3 Å². The average Bonchev–Trinajstić information content (AvgIpc) is 2.99. The van der Waals surface area contributed by atoms with Crippen LogP contribution in [0.1, 0.15) is 27.2 Å². The summed E-state index contributed by atoms with van der Waals surface area (Å²) in [6.07, 6.45) is 0.737. The van der Waals surface area contributed by atoms with E-state index in [1.54, 1.807) is 0 Å². The Balaban J connectivity index is 1.97. The summed E-state index contributed by atoms with van der Waals surface area (Å²) in [5.41, 5.74) is 0. The molecule has 0 aromatic heterocycles. The lowest BCUT2D eigenvalue weighted by molar-refractivity contribution is 0.0946.